The van der Waals surface area contributed by atoms with Gasteiger partial charge in [-0.3, -0.25) is 4.90 Å². The van der Waals surface area contributed by atoms with Crippen LogP contribution < -0.4 is 5.32 Å². The second kappa shape index (κ2) is 5.64. The van der Waals surface area contributed by atoms with Gasteiger partial charge in [-0.05, 0) is 20.4 Å². The van der Waals surface area contributed by atoms with Gasteiger partial charge in [0.2, 0.25) is 0 Å². The molecule has 1 aliphatic heterocycles. The molecule has 0 atom stereocenters. The molecule has 1 N–H and O–H groups in total. The molecular formula is C12H24N2O. The highest BCUT2D eigenvalue weighted by Gasteiger charge is 2.32. The molecule has 1 fully saturated rings. The molecule has 0 spiro atoms. The van der Waals surface area contributed by atoms with Gasteiger partial charge in [0.25, 0.3) is 0 Å². The molecule has 0 aromatic carbocycles. The van der Waals surface area contributed by atoms with E-state index >= 15 is 0 Å². The maximum atomic E-state index is 5.85. The van der Waals surface area contributed by atoms with Gasteiger partial charge in [-0.1, -0.05) is 19.1 Å². The monoisotopic (exact) mass is 212 g/mol. The van der Waals surface area contributed by atoms with Crippen molar-refractivity contribution in [2.45, 2.75) is 26.4 Å². The Bertz CT molecular complexity index is 212. The molecule has 3 nitrogen and oxygen atoms in total. The predicted molar refractivity (Wildman–Crippen MR) is 64.2 cm³/mol. The van der Waals surface area contributed by atoms with Gasteiger partial charge >= 0.3 is 0 Å². The molecule has 0 unspecified atom stereocenters. The third-order valence-electron chi connectivity index (χ3n) is 2.80. The molecule has 1 rings (SSSR count). The van der Waals surface area contributed by atoms with E-state index in [9.17, 15) is 0 Å². The molecule has 0 bridgehead atoms. The fraction of sp³-hybridized carbons (Fsp3) is 0.833. The normalized spacial score (nSPS) is 18.9. The minimum atomic E-state index is 0.0859. The highest BCUT2D eigenvalue weighted by atomic mass is 16.5. The summed E-state index contributed by atoms with van der Waals surface area (Å²) >= 11 is 0. The Morgan fingerprint density at radius 2 is 2.20 bits per heavy atom. The first-order valence-corrected chi connectivity index (χ1v) is 5.77. The van der Waals surface area contributed by atoms with E-state index < -0.39 is 0 Å². The minimum Gasteiger partial charge on any atom is -0.371 e. The van der Waals surface area contributed by atoms with Crippen LogP contribution in [0.15, 0.2) is 12.2 Å². The third kappa shape index (κ3) is 4.33. The van der Waals surface area contributed by atoms with E-state index in [1.165, 1.54) is 5.57 Å². The summed E-state index contributed by atoms with van der Waals surface area (Å²) in [6.45, 7) is 16.2. The first-order chi connectivity index (χ1) is 7.06. The average molecular weight is 212 g/mol. The minimum absolute atomic E-state index is 0.0859. The lowest BCUT2D eigenvalue weighted by atomic mass is 10.0. The van der Waals surface area contributed by atoms with Crippen LogP contribution in [0.2, 0.25) is 0 Å². The van der Waals surface area contributed by atoms with Gasteiger partial charge < -0.3 is 10.1 Å². The predicted octanol–water partition coefficient (Wildman–Crippen LogP) is 1.26. The number of hydrogen-bond acceptors (Lipinski definition) is 3. The topological polar surface area (TPSA) is 24.5 Å². The van der Waals surface area contributed by atoms with Gasteiger partial charge in [-0.15, -0.1) is 0 Å². The Morgan fingerprint density at radius 3 is 2.60 bits per heavy atom. The number of ether oxygens (including phenoxy) is 1. The number of nitrogens with zero attached hydrogens (tertiary/aromatic N) is 1. The summed E-state index contributed by atoms with van der Waals surface area (Å²) in [6.07, 6.45) is 0. The summed E-state index contributed by atoms with van der Waals surface area (Å²) in [4.78, 5) is 2.36. The van der Waals surface area contributed by atoms with Crippen molar-refractivity contribution in [3.05, 3.63) is 12.2 Å². The zero-order chi connectivity index (χ0) is 11.3. The lowest BCUT2D eigenvalue weighted by Gasteiger charge is -2.39. The summed E-state index contributed by atoms with van der Waals surface area (Å²) in [5, 5.41) is 3.23. The van der Waals surface area contributed by atoms with Crippen molar-refractivity contribution in [1.82, 2.24) is 10.2 Å². The number of rotatable bonds is 7. The molecule has 0 amide bonds. The Balaban J connectivity index is 2.13. The number of nitrogens with one attached hydrogen (secondary N) is 1. The molecule has 15 heavy (non-hydrogen) atoms. The van der Waals surface area contributed by atoms with Crippen LogP contribution in [0.1, 0.15) is 20.8 Å². The molecular weight excluding hydrogens is 188 g/mol. The molecule has 0 aliphatic carbocycles. The van der Waals surface area contributed by atoms with Gasteiger partial charge in [0, 0.05) is 26.2 Å². The highest BCUT2D eigenvalue weighted by molar-refractivity contribution is 4.92. The summed E-state index contributed by atoms with van der Waals surface area (Å²) in [5.41, 5.74) is 1.30. The van der Waals surface area contributed by atoms with E-state index in [4.69, 9.17) is 4.74 Å². The Hall–Kier alpha value is -0.380. The van der Waals surface area contributed by atoms with Crippen molar-refractivity contribution >= 4 is 0 Å². The van der Waals surface area contributed by atoms with E-state index in [1.807, 2.05) is 0 Å². The zero-order valence-electron chi connectivity index (χ0n) is 10.3. The van der Waals surface area contributed by atoms with Crippen LogP contribution in [-0.4, -0.2) is 49.8 Å². The van der Waals surface area contributed by atoms with Gasteiger partial charge in [-0.25, -0.2) is 0 Å². The van der Waals surface area contributed by atoms with Crippen molar-refractivity contribution in [3.63, 3.8) is 0 Å². The second-order valence-electron chi connectivity index (χ2n) is 4.73. The van der Waals surface area contributed by atoms with Gasteiger partial charge in [-0.2, -0.15) is 0 Å². The van der Waals surface area contributed by atoms with Crippen LogP contribution >= 0.6 is 0 Å². The summed E-state index contributed by atoms with van der Waals surface area (Å²) in [7, 11) is 0. The van der Waals surface area contributed by atoms with Crippen LogP contribution in [0.25, 0.3) is 0 Å². The first kappa shape index (κ1) is 12.7. The number of hydrogen-bond donors (Lipinski definition) is 1. The Kier molecular flexibility index (Phi) is 4.77. The van der Waals surface area contributed by atoms with Crippen molar-refractivity contribution in [1.29, 1.82) is 0 Å². The molecule has 1 heterocycles. The maximum Gasteiger partial charge on any atom is 0.0902 e. The average Bonchev–Trinajstić information content (AvgIpc) is 2.13. The van der Waals surface area contributed by atoms with Crippen LogP contribution in [-0.2, 0) is 4.74 Å². The SMILES string of the molecule is C=C(C)CN(CC)CCOC1(C)CNC1. The van der Waals surface area contributed by atoms with Gasteiger partial charge in [0.05, 0.1) is 12.2 Å². The standard InChI is InChI=1S/C12H24N2O/c1-5-14(8-11(2)3)6-7-15-12(4)9-13-10-12/h13H,2,5-10H2,1,3-4H3. The third-order valence-corrected chi connectivity index (χ3v) is 2.80. The van der Waals surface area contributed by atoms with Gasteiger partial charge in [0.1, 0.15) is 0 Å². The molecule has 88 valence electrons. The number of likely N-dealkylation sites (N-methyl/N-ethyl adjacent to an activating group) is 1. The van der Waals surface area contributed by atoms with E-state index in [0.29, 0.717) is 0 Å². The first-order valence-electron chi connectivity index (χ1n) is 5.77. The van der Waals surface area contributed by atoms with Crippen molar-refractivity contribution < 1.29 is 4.74 Å². The smallest absolute Gasteiger partial charge is 0.0902 e. The molecule has 0 radical (unpaired) electrons. The molecule has 0 aromatic heterocycles. The molecule has 3 heteroatoms. The largest absolute Gasteiger partial charge is 0.371 e. The van der Waals surface area contributed by atoms with Crippen LogP contribution in [0.3, 0.4) is 0 Å². The van der Waals surface area contributed by atoms with Crippen LogP contribution in [0.5, 0.6) is 0 Å². The fourth-order valence-corrected chi connectivity index (χ4v) is 1.73. The van der Waals surface area contributed by atoms with E-state index in [0.717, 1.165) is 39.3 Å². The van der Waals surface area contributed by atoms with Crippen LogP contribution in [0.4, 0.5) is 0 Å². The highest BCUT2D eigenvalue weighted by Crippen LogP contribution is 2.14. The summed E-state index contributed by atoms with van der Waals surface area (Å²) in [5.74, 6) is 0. The van der Waals surface area contributed by atoms with Crippen molar-refractivity contribution in [2.24, 2.45) is 0 Å². The van der Waals surface area contributed by atoms with E-state index in [2.05, 4.69) is 37.6 Å². The summed E-state index contributed by atoms with van der Waals surface area (Å²) in [6, 6.07) is 0. The van der Waals surface area contributed by atoms with E-state index in [-0.39, 0.29) is 5.60 Å². The second-order valence-corrected chi connectivity index (χ2v) is 4.73. The maximum absolute atomic E-state index is 5.85. The Morgan fingerprint density at radius 1 is 1.53 bits per heavy atom. The van der Waals surface area contributed by atoms with Crippen molar-refractivity contribution in [2.75, 3.05) is 39.3 Å². The van der Waals surface area contributed by atoms with E-state index in [1.54, 1.807) is 0 Å². The fourth-order valence-electron chi connectivity index (χ4n) is 1.73. The molecule has 0 saturated carbocycles. The summed E-state index contributed by atoms with van der Waals surface area (Å²) < 4.78 is 5.85. The molecule has 1 saturated heterocycles. The molecule has 0 aromatic rings. The quantitative estimate of drug-likeness (QED) is 0.643. The van der Waals surface area contributed by atoms with Crippen LogP contribution in [0, 0.1) is 0 Å². The zero-order valence-corrected chi connectivity index (χ0v) is 10.3. The Labute approximate surface area is 93.5 Å². The van der Waals surface area contributed by atoms with Gasteiger partial charge in [0.15, 0.2) is 0 Å². The van der Waals surface area contributed by atoms with Crippen molar-refractivity contribution in [3.8, 4) is 0 Å². The lowest BCUT2D eigenvalue weighted by Crippen LogP contribution is -2.59. The lowest BCUT2D eigenvalue weighted by molar-refractivity contribution is -0.0714. The molecule has 1 aliphatic rings.